The van der Waals surface area contributed by atoms with Crippen LogP contribution in [0, 0.1) is 0 Å². The molecule has 0 N–H and O–H groups in total. The number of benzene rings is 10. The Morgan fingerprint density at radius 2 is 1.00 bits per heavy atom. The van der Waals surface area contributed by atoms with Gasteiger partial charge in [0.25, 0.3) is 0 Å². The molecule has 286 valence electrons. The summed E-state index contributed by atoms with van der Waals surface area (Å²) in [5.74, 6) is 0. The van der Waals surface area contributed by atoms with Gasteiger partial charge in [0.2, 0.25) is 0 Å². The fourth-order valence-electron chi connectivity index (χ4n) is 8.89. The van der Waals surface area contributed by atoms with Crippen molar-refractivity contribution in [2.24, 2.45) is 0 Å². The second-order valence-corrected chi connectivity index (χ2v) is 16.5. The van der Waals surface area contributed by atoms with E-state index in [1.807, 2.05) is 6.07 Å². The van der Waals surface area contributed by atoms with Crippen molar-refractivity contribution >= 4 is 82.1 Å². The molecule has 12 rings (SSSR count). The first-order chi connectivity index (χ1) is 30.2. The molecular formula is C57H36N2OS. The van der Waals surface area contributed by atoms with Crippen molar-refractivity contribution in [2.75, 3.05) is 4.90 Å². The van der Waals surface area contributed by atoms with Crippen molar-refractivity contribution < 1.29 is 4.42 Å². The van der Waals surface area contributed by atoms with Crippen LogP contribution >= 0.6 is 11.3 Å². The quantitative estimate of drug-likeness (QED) is 0.150. The van der Waals surface area contributed by atoms with Gasteiger partial charge in [-0.25, -0.2) is 4.98 Å². The Bertz CT molecular complexity index is 3570. The summed E-state index contributed by atoms with van der Waals surface area (Å²) in [6, 6.07) is 78.3. The minimum absolute atomic E-state index is 0.875. The number of rotatable bonds is 7. The molecule has 0 fully saturated rings. The number of aromatic nitrogens is 1. The first kappa shape index (κ1) is 35.2. The highest BCUT2D eigenvalue weighted by atomic mass is 32.1. The summed E-state index contributed by atoms with van der Waals surface area (Å²) < 4.78 is 7.57. The number of fused-ring (bicyclic) bond motifs is 8. The molecule has 61 heavy (non-hydrogen) atoms. The molecule has 4 heteroatoms. The van der Waals surface area contributed by atoms with Crippen LogP contribution in [0.4, 0.5) is 17.1 Å². The van der Waals surface area contributed by atoms with E-state index in [1.54, 1.807) is 11.3 Å². The number of furan rings is 1. The lowest BCUT2D eigenvalue weighted by Gasteiger charge is -2.29. The van der Waals surface area contributed by atoms with Crippen molar-refractivity contribution in [3.63, 3.8) is 0 Å². The Morgan fingerprint density at radius 3 is 1.80 bits per heavy atom. The van der Waals surface area contributed by atoms with Crippen molar-refractivity contribution in [1.29, 1.82) is 0 Å². The van der Waals surface area contributed by atoms with Gasteiger partial charge in [-0.15, -0.1) is 11.3 Å². The third-order valence-corrected chi connectivity index (χ3v) is 13.0. The van der Waals surface area contributed by atoms with Gasteiger partial charge in [0.1, 0.15) is 16.2 Å². The van der Waals surface area contributed by atoms with Crippen molar-refractivity contribution in [3.05, 3.63) is 218 Å². The summed E-state index contributed by atoms with van der Waals surface area (Å²) >= 11 is 1.73. The Balaban J connectivity index is 1.00. The summed E-state index contributed by atoms with van der Waals surface area (Å²) in [5.41, 5.74) is 14.1. The van der Waals surface area contributed by atoms with Gasteiger partial charge in [-0.3, -0.25) is 0 Å². The van der Waals surface area contributed by atoms with Gasteiger partial charge in [-0.05, 0) is 110 Å². The molecule has 0 saturated heterocycles. The zero-order chi connectivity index (χ0) is 40.3. The van der Waals surface area contributed by atoms with Crippen LogP contribution in [0.25, 0.3) is 97.7 Å². The van der Waals surface area contributed by atoms with Gasteiger partial charge in [0.15, 0.2) is 0 Å². The fraction of sp³-hybridized carbons (Fsp3) is 0. The third kappa shape index (κ3) is 6.16. The zero-order valence-electron chi connectivity index (χ0n) is 33.0. The molecule has 0 spiro atoms. The third-order valence-electron chi connectivity index (χ3n) is 11.9. The summed E-state index contributed by atoms with van der Waals surface area (Å²) in [6.07, 6.45) is 0. The van der Waals surface area contributed by atoms with Crippen LogP contribution in [0.5, 0.6) is 0 Å². The van der Waals surface area contributed by atoms with Crippen LogP contribution in [0.1, 0.15) is 0 Å². The first-order valence-electron chi connectivity index (χ1n) is 20.6. The molecule has 0 aliphatic heterocycles. The highest BCUT2D eigenvalue weighted by Crippen LogP contribution is 2.45. The highest BCUT2D eigenvalue weighted by Gasteiger charge is 2.20. The second kappa shape index (κ2) is 14.5. The second-order valence-electron chi connectivity index (χ2n) is 15.5. The average Bonchev–Trinajstić information content (AvgIpc) is 3.94. The molecule has 0 saturated carbocycles. The van der Waals surface area contributed by atoms with E-state index < -0.39 is 0 Å². The van der Waals surface area contributed by atoms with E-state index in [-0.39, 0.29) is 0 Å². The molecule has 12 aromatic rings. The van der Waals surface area contributed by atoms with Gasteiger partial charge >= 0.3 is 0 Å². The Kier molecular flexibility index (Phi) is 8.36. The van der Waals surface area contributed by atoms with E-state index in [2.05, 4.69) is 217 Å². The largest absolute Gasteiger partial charge is 0.456 e. The van der Waals surface area contributed by atoms with E-state index in [4.69, 9.17) is 9.40 Å². The lowest BCUT2D eigenvalue weighted by molar-refractivity contribution is 0.669. The topological polar surface area (TPSA) is 29.3 Å². The molecular weight excluding hydrogens is 761 g/mol. The van der Waals surface area contributed by atoms with Crippen LogP contribution in [0.2, 0.25) is 0 Å². The summed E-state index contributed by atoms with van der Waals surface area (Å²) in [7, 11) is 0. The van der Waals surface area contributed by atoms with E-state index in [9.17, 15) is 0 Å². The van der Waals surface area contributed by atoms with Crippen LogP contribution in [-0.4, -0.2) is 4.98 Å². The predicted molar refractivity (Wildman–Crippen MR) is 258 cm³/mol. The molecule has 2 heterocycles. The lowest BCUT2D eigenvalue weighted by atomic mass is 9.95. The molecule has 2 aromatic heterocycles. The average molecular weight is 797 g/mol. The molecule has 0 amide bonds. The Labute approximate surface area is 357 Å². The van der Waals surface area contributed by atoms with Gasteiger partial charge in [-0.1, -0.05) is 158 Å². The number of hydrogen-bond acceptors (Lipinski definition) is 4. The van der Waals surface area contributed by atoms with Crippen molar-refractivity contribution in [3.8, 4) is 44.0 Å². The Hall–Kier alpha value is -7.79. The molecule has 0 unspecified atom stereocenters. The zero-order valence-corrected chi connectivity index (χ0v) is 33.8. The summed E-state index contributed by atoms with van der Waals surface area (Å²) in [4.78, 5) is 7.43. The number of thiazole rings is 1. The highest BCUT2D eigenvalue weighted by molar-refractivity contribution is 7.22. The van der Waals surface area contributed by atoms with Gasteiger partial charge < -0.3 is 9.32 Å². The summed E-state index contributed by atoms with van der Waals surface area (Å²) in [5, 5.41) is 8.18. The standard InChI is InChI=1S/C57H36N2OS/c1-4-12-37(13-5-1)42-24-31-52(49(35-42)39-14-6-2-7-15-39)59(46-28-29-48-44(34-46)21-20-40-16-10-11-19-47(40)48)45-26-22-38(23-27-45)43-25-32-53-50(36-43)55-54(60-53)33-30-51-56(55)61-57(58-51)41-17-8-3-9-18-41/h1-36H. The minimum atomic E-state index is 0.875. The molecule has 0 aliphatic carbocycles. The fourth-order valence-corrected chi connectivity index (χ4v) is 10.0. The maximum absolute atomic E-state index is 6.43. The maximum atomic E-state index is 6.43. The molecule has 0 atom stereocenters. The van der Waals surface area contributed by atoms with Crippen molar-refractivity contribution in [1.82, 2.24) is 4.98 Å². The van der Waals surface area contributed by atoms with Crippen LogP contribution < -0.4 is 4.90 Å². The van der Waals surface area contributed by atoms with E-state index in [0.29, 0.717) is 0 Å². The van der Waals surface area contributed by atoms with E-state index >= 15 is 0 Å². The lowest BCUT2D eigenvalue weighted by Crippen LogP contribution is -2.11. The normalized spacial score (nSPS) is 11.6. The minimum Gasteiger partial charge on any atom is -0.456 e. The van der Waals surface area contributed by atoms with E-state index in [1.165, 1.54) is 32.7 Å². The van der Waals surface area contributed by atoms with E-state index in [0.717, 1.165) is 82.0 Å². The molecule has 0 bridgehead atoms. The summed E-state index contributed by atoms with van der Waals surface area (Å²) in [6.45, 7) is 0. The van der Waals surface area contributed by atoms with Crippen LogP contribution in [0.15, 0.2) is 223 Å². The number of anilines is 3. The van der Waals surface area contributed by atoms with Crippen molar-refractivity contribution in [2.45, 2.75) is 0 Å². The van der Waals surface area contributed by atoms with Gasteiger partial charge in [0, 0.05) is 33.3 Å². The molecule has 10 aromatic carbocycles. The maximum Gasteiger partial charge on any atom is 0.137 e. The molecule has 0 aliphatic rings. The molecule has 0 radical (unpaired) electrons. The smallest absolute Gasteiger partial charge is 0.137 e. The Morgan fingerprint density at radius 1 is 0.393 bits per heavy atom. The number of nitrogens with zero attached hydrogens (tertiary/aromatic N) is 2. The molecule has 3 nitrogen and oxygen atoms in total. The first-order valence-corrected chi connectivity index (χ1v) is 21.4. The van der Waals surface area contributed by atoms with Gasteiger partial charge in [0.05, 0.1) is 15.9 Å². The van der Waals surface area contributed by atoms with Crippen LogP contribution in [-0.2, 0) is 0 Å². The monoisotopic (exact) mass is 796 g/mol. The van der Waals surface area contributed by atoms with Crippen LogP contribution in [0.3, 0.4) is 0 Å². The van der Waals surface area contributed by atoms with Gasteiger partial charge in [-0.2, -0.15) is 0 Å². The predicted octanol–water partition coefficient (Wildman–Crippen LogP) is 16.6. The SMILES string of the molecule is c1ccc(-c2ccc(N(c3ccc(-c4ccc5oc6ccc7nc(-c8ccccc8)sc7c6c5c4)cc3)c3ccc4c(ccc5ccccc54)c3)c(-c3ccccc3)c2)cc1. The number of hydrogen-bond donors (Lipinski definition) is 0.